The number of nitrogens with two attached hydrogens (primary N) is 1. The summed E-state index contributed by atoms with van der Waals surface area (Å²) in [5, 5.41) is 6.94. The van der Waals surface area contributed by atoms with Crippen LogP contribution >= 0.6 is 0 Å². The molecule has 6 nitrogen and oxygen atoms in total. The van der Waals surface area contributed by atoms with Crippen LogP contribution in [-0.4, -0.2) is 55.5 Å². The molecule has 2 rings (SSSR count). The lowest BCUT2D eigenvalue weighted by molar-refractivity contribution is -0.123. The zero-order valence-corrected chi connectivity index (χ0v) is 15.2. The van der Waals surface area contributed by atoms with Crippen molar-refractivity contribution in [3.05, 3.63) is 0 Å². The van der Waals surface area contributed by atoms with E-state index in [1.54, 1.807) is 0 Å². The van der Waals surface area contributed by atoms with Gasteiger partial charge in [0.05, 0.1) is 5.92 Å². The number of hydrogen-bond acceptors (Lipinski definition) is 3. The summed E-state index contributed by atoms with van der Waals surface area (Å²) in [6, 6.07) is 0.579. The van der Waals surface area contributed by atoms with Gasteiger partial charge in [0.15, 0.2) is 5.96 Å². The molecule has 2 aliphatic rings. The molecule has 1 heterocycles. The number of carbonyl (C=O) groups is 1. The minimum Gasteiger partial charge on any atom is -0.369 e. The molecule has 138 valence electrons. The Hall–Kier alpha value is -1.30. The average molecular weight is 338 g/mol. The van der Waals surface area contributed by atoms with E-state index in [1.807, 2.05) is 0 Å². The monoisotopic (exact) mass is 337 g/mol. The Morgan fingerprint density at radius 2 is 2.00 bits per heavy atom. The number of amides is 1. The highest BCUT2D eigenvalue weighted by atomic mass is 16.1. The number of hydrogen-bond donors (Lipinski definition) is 3. The molecule has 1 saturated carbocycles. The Balaban J connectivity index is 1.70. The molecule has 0 aromatic rings. The van der Waals surface area contributed by atoms with Gasteiger partial charge in [-0.2, -0.15) is 0 Å². The van der Waals surface area contributed by atoms with Crippen molar-refractivity contribution >= 4 is 11.9 Å². The molecule has 4 N–H and O–H groups in total. The maximum atomic E-state index is 11.3. The average Bonchev–Trinajstić information content (AvgIpc) is 2.60. The van der Waals surface area contributed by atoms with Gasteiger partial charge in [0, 0.05) is 25.7 Å². The summed E-state index contributed by atoms with van der Waals surface area (Å²) in [5.74, 6) is 0.842. The molecular formula is C18H35N5O. The third-order valence-corrected chi connectivity index (χ3v) is 5.10. The molecule has 0 radical (unpaired) electrons. The quantitative estimate of drug-likeness (QED) is 0.373. The predicted molar refractivity (Wildman–Crippen MR) is 99.0 cm³/mol. The normalized spacial score (nSPS) is 23.9. The van der Waals surface area contributed by atoms with Crippen LogP contribution in [0.4, 0.5) is 0 Å². The maximum Gasteiger partial charge on any atom is 0.221 e. The molecule has 1 aliphatic carbocycles. The van der Waals surface area contributed by atoms with Gasteiger partial charge < -0.3 is 21.3 Å². The predicted octanol–water partition coefficient (Wildman–Crippen LogP) is 1.46. The second-order valence-corrected chi connectivity index (χ2v) is 7.14. The van der Waals surface area contributed by atoms with Crippen LogP contribution in [0.5, 0.6) is 0 Å². The van der Waals surface area contributed by atoms with Gasteiger partial charge in [-0.15, -0.1) is 0 Å². The zero-order valence-electron chi connectivity index (χ0n) is 15.2. The molecule has 1 amide bonds. The Morgan fingerprint density at radius 3 is 2.71 bits per heavy atom. The molecule has 0 bridgehead atoms. The Labute approximate surface area is 146 Å². The van der Waals surface area contributed by atoms with Gasteiger partial charge in [-0.25, -0.2) is 0 Å². The second-order valence-electron chi connectivity index (χ2n) is 7.14. The smallest absolute Gasteiger partial charge is 0.221 e. The maximum absolute atomic E-state index is 11.3. The molecule has 2 fully saturated rings. The number of nitrogens with zero attached hydrogens (tertiary/aromatic N) is 2. The van der Waals surface area contributed by atoms with E-state index in [1.165, 1.54) is 32.1 Å². The van der Waals surface area contributed by atoms with E-state index in [0.717, 1.165) is 57.9 Å². The van der Waals surface area contributed by atoms with Crippen LogP contribution in [0.2, 0.25) is 0 Å². The first-order valence-corrected chi connectivity index (χ1v) is 9.75. The van der Waals surface area contributed by atoms with Gasteiger partial charge in [-0.3, -0.25) is 9.79 Å². The van der Waals surface area contributed by atoms with E-state index in [9.17, 15) is 4.79 Å². The van der Waals surface area contributed by atoms with Crippen molar-refractivity contribution in [1.82, 2.24) is 15.5 Å². The van der Waals surface area contributed by atoms with Crippen molar-refractivity contribution in [2.45, 2.75) is 64.3 Å². The number of primary amides is 1. The fraction of sp³-hybridized carbons (Fsp3) is 0.889. The number of carbonyl (C=O) groups excluding carboxylic acids is 1. The number of guanidine groups is 1. The largest absolute Gasteiger partial charge is 0.369 e. The highest BCUT2D eigenvalue weighted by Crippen LogP contribution is 2.17. The van der Waals surface area contributed by atoms with Crippen LogP contribution in [0.25, 0.3) is 0 Å². The number of aliphatic imine (C=N–C) groups is 1. The lowest BCUT2D eigenvalue weighted by Gasteiger charge is -2.30. The van der Waals surface area contributed by atoms with Crippen molar-refractivity contribution in [2.75, 3.05) is 32.7 Å². The van der Waals surface area contributed by atoms with E-state index in [2.05, 4.69) is 22.5 Å². The van der Waals surface area contributed by atoms with Crippen LogP contribution in [0.15, 0.2) is 4.99 Å². The van der Waals surface area contributed by atoms with Gasteiger partial charge in [0.1, 0.15) is 0 Å². The van der Waals surface area contributed by atoms with Crippen LogP contribution in [-0.2, 0) is 4.79 Å². The molecule has 0 aromatic heterocycles. The molecule has 1 saturated heterocycles. The standard InChI is InChI=1S/C18H35N5O/c1-2-20-18(22-16-9-4-3-5-10-16)21-11-7-13-23-12-6-8-15(14-23)17(19)24/h15-16H,2-14H2,1H3,(H2,19,24)(H2,20,21,22). The third-order valence-electron chi connectivity index (χ3n) is 5.10. The number of rotatable bonds is 7. The molecule has 1 unspecified atom stereocenters. The van der Waals surface area contributed by atoms with Crippen molar-refractivity contribution in [2.24, 2.45) is 16.6 Å². The van der Waals surface area contributed by atoms with E-state index in [4.69, 9.17) is 10.7 Å². The summed E-state index contributed by atoms with van der Waals surface area (Å²) in [7, 11) is 0. The first kappa shape index (κ1) is 19.0. The van der Waals surface area contributed by atoms with E-state index >= 15 is 0 Å². The first-order valence-electron chi connectivity index (χ1n) is 9.75. The zero-order chi connectivity index (χ0) is 17.2. The Kier molecular flexibility index (Phi) is 8.36. The van der Waals surface area contributed by atoms with Crippen LogP contribution in [0.3, 0.4) is 0 Å². The fourth-order valence-corrected chi connectivity index (χ4v) is 3.74. The molecule has 24 heavy (non-hydrogen) atoms. The molecule has 0 aromatic carbocycles. The number of piperidine rings is 1. The minimum atomic E-state index is -0.149. The van der Waals surface area contributed by atoms with Crippen LogP contribution in [0.1, 0.15) is 58.3 Å². The highest BCUT2D eigenvalue weighted by molar-refractivity contribution is 5.80. The Bertz CT molecular complexity index is 406. The Morgan fingerprint density at radius 1 is 1.21 bits per heavy atom. The van der Waals surface area contributed by atoms with E-state index in [-0.39, 0.29) is 11.8 Å². The second kappa shape index (κ2) is 10.5. The van der Waals surface area contributed by atoms with E-state index in [0.29, 0.717) is 6.04 Å². The summed E-state index contributed by atoms with van der Waals surface area (Å²) < 4.78 is 0. The highest BCUT2D eigenvalue weighted by Gasteiger charge is 2.23. The molecular weight excluding hydrogens is 302 g/mol. The van der Waals surface area contributed by atoms with Gasteiger partial charge in [0.25, 0.3) is 0 Å². The summed E-state index contributed by atoms with van der Waals surface area (Å²) >= 11 is 0. The number of nitrogens with one attached hydrogen (secondary N) is 2. The summed E-state index contributed by atoms with van der Waals surface area (Å²) in [6.07, 6.45) is 9.57. The van der Waals surface area contributed by atoms with Crippen molar-refractivity contribution in [3.8, 4) is 0 Å². The summed E-state index contributed by atoms with van der Waals surface area (Å²) in [6.45, 7) is 6.71. The molecule has 0 spiro atoms. The lowest BCUT2D eigenvalue weighted by Crippen LogP contribution is -2.44. The number of likely N-dealkylation sites (tertiary alicyclic amines) is 1. The first-order chi connectivity index (χ1) is 11.7. The van der Waals surface area contributed by atoms with E-state index < -0.39 is 0 Å². The van der Waals surface area contributed by atoms with Crippen LogP contribution < -0.4 is 16.4 Å². The third kappa shape index (κ3) is 6.67. The topological polar surface area (TPSA) is 82.8 Å². The molecule has 6 heteroatoms. The van der Waals surface area contributed by atoms with Gasteiger partial charge in [-0.05, 0) is 52.1 Å². The molecule has 1 aliphatic heterocycles. The van der Waals surface area contributed by atoms with Gasteiger partial charge >= 0.3 is 0 Å². The van der Waals surface area contributed by atoms with Crippen LogP contribution in [0, 0.1) is 5.92 Å². The summed E-state index contributed by atoms with van der Waals surface area (Å²) in [5.41, 5.74) is 5.44. The van der Waals surface area contributed by atoms with Crippen molar-refractivity contribution < 1.29 is 4.79 Å². The van der Waals surface area contributed by atoms with Crippen molar-refractivity contribution in [1.29, 1.82) is 0 Å². The SMILES string of the molecule is CCNC(=NCCCN1CCCC(C(N)=O)C1)NC1CCCCC1. The summed E-state index contributed by atoms with van der Waals surface area (Å²) in [4.78, 5) is 18.4. The van der Waals surface area contributed by atoms with Gasteiger partial charge in [-0.1, -0.05) is 19.3 Å². The van der Waals surface area contributed by atoms with Crippen molar-refractivity contribution in [3.63, 3.8) is 0 Å². The molecule has 1 atom stereocenters. The minimum absolute atomic E-state index is 0.0348. The fourth-order valence-electron chi connectivity index (χ4n) is 3.74. The van der Waals surface area contributed by atoms with Gasteiger partial charge in [0.2, 0.25) is 5.91 Å². The lowest BCUT2D eigenvalue weighted by atomic mass is 9.96.